The molecule has 1 aliphatic heterocycles. The third kappa shape index (κ3) is 4.97. The summed E-state index contributed by atoms with van der Waals surface area (Å²) in [5, 5.41) is 3.54. The van der Waals surface area contributed by atoms with Gasteiger partial charge in [0.2, 0.25) is 11.9 Å². The highest BCUT2D eigenvalue weighted by Crippen LogP contribution is 2.35. The van der Waals surface area contributed by atoms with Gasteiger partial charge in [-0.1, -0.05) is 17.7 Å². The van der Waals surface area contributed by atoms with Crippen LogP contribution in [-0.2, 0) is 9.53 Å². The molecule has 0 bridgehead atoms. The quantitative estimate of drug-likeness (QED) is 0.772. The maximum absolute atomic E-state index is 12.1. The van der Waals surface area contributed by atoms with E-state index in [2.05, 4.69) is 20.2 Å². The second-order valence-electron chi connectivity index (χ2n) is 7.80. The number of hydrogen-bond donors (Lipinski definition) is 2. The molecular formula is C21H26ClN5O2. The lowest BCUT2D eigenvalue weighted by Crippen LogP contribution is -2.32. The highest BCUT2D eigenvalue weighted by atomic mass is 35.5. The van der Waals surface area contributed by atoms with E-state index in [1.165, 1.54) is 0 Å². The molecule has 1 aromatic heterocycles. The van der Waals surface area contributed by atoms with E-state index in [4.69, 9.17) is 22.1 Å². The molecule has 1 saturated heterocycles. The van der Waals surface area contributed by atoms with Gasteiger partial charge in [0.05, 0.1) is 12.6 Å². The topological polar surface area (TPSA) is 93.4 Å². The lowest BCUT2D eigenvalue weighted by atomic mass is 10.0. The van der Waals surface area contributed by atoms with Crippen LogP contribution in [-0.4, -0.2) is 35.6 Å². The minimum atomic E-state index is -0.102. The van der Waals surface area contributed by atoms with E-state index < -0.39 is 0 Å². The van der Waals surface area contributed by atoms with Crippen LogP contribution in [0.3, 0.4) is 0 Å². The Balaban J connectivity index is 1.58. The molecule has 8 heteroatoms. The number of hydrogen-bond acceptors (Lipinski definition) is 6. The fourth-order valence-electron chi connectivity index (χ4n) is 3.70. The number of nitrogens with two attached hydrogens (primary N) is 1. The number of carbonyl (C=O) groups is 1. The second-order valence-corrected chi connectivity index (χ2v) is 8.20. The molecule has 4 rings (SSSR count). The van der Waals surface area contributed by atoms with Crippen molar-refractivity contribution in [3.8, 4) is 0 Å². The van der Waals surface area contributed by atoms with E-state index in [0.29, 0.717) is 36.3 Å². The number of anilines is 3. The van der Waals surface area contributed by atoms with Crippen LogP contribution in [0, 0.1) is 12.8 Å². The van der Waals surface area contributed by atoms with E-state index in [-0.39, 0.29) is 17.9 Å². The van der Waals surface area contributed by atoms with Crippen molar-refractivity contribution in [2.75, 3.05) is 35.7 Å². The highest BCUT2D eigenvalue weighted by molar-refractivity contribution is 6.31. The number of aryl methyl sites for hydroxylation is 1. The minimum absolute atomic E-state index is 0.0441. The maximum atomic E-state index is 12.1. The summed E-state index contributed by atoms with van der Waals surface area (Å²) in [6.45, 7) is 3.85. The van der Waals surface area contributed by atoms with Crippen LogP contribution in [0.5, 0.6) is 0 Å². The molecule has 1 aromatic carbocycles. The zero-order valence-corrected chi connectivity index (χ0v) is 17.3. The molecule has 1 amide bonds. The van der Waals surface area contributed by atoms with Crippen LogP contribution in [0.4, 0.5) is 17.5 Å². The summed E-state index contributed by atoms with van der Waals surface area (Å²) in [6.07, 6.45) is 3.76. The average molecular weight is 416 g/mol. The molecule has 3 N–H and O–H groups in total. The van der Waals surface area contributed by atoms with Crippen LogP contribution in [0.1, 0.15) is 43.0 Å². The highest BCUT2D eigenvalue weighted by Gasteiger charge is 2.28. The van der Waals surface area contributed by atoms with Gasteiger partial charge in [-0.25, -0.2) is 4.98 Å². The Hall–Kier alpha value is -2.38. The lowest BCUT2D eigenvalue weighted by Gasteiger charge is -2.31. The van der Waals surface area contributed by atoms with Crippen molar-refractivity contribution < 1.29 is 9.53 Å². The summed E-state index contributed by atoms with van der Waals surface area (Å²) in [6, 6.07) is 7.49. The summed E-state index contributed by atoms with van der Waals surface area (Å²) >= 11 is 6.64. The van der Waals surface area contributed by atoms with Crippen LogP contribution in [0.15, 0.2) is 24.3 Å². The van der Waals surface area contributed by atoms with Crippen molar-refractivity contribution in [2.24, 2.45) is 5.92 Å². The Morgan fingerprint density at radius 2 is 2.17 bits per heavy atom. The van der Waals surface area contributed by atoms with Gasteiger partial charge >= 0.3 is 0 Å². The first-order valence-corrected chi connectivity index (χ1v) is 10.4. The Labute approximate surface area is 175 Å². The smallest absolute Gasteiger partial charge is 0.224 e. The molecular weight excluding hydrogens is 390 g/mol. The Morgan fingerprint density at radius 3 is 2.90 bits per heavy atom. The maximum Gasteiger partial charge on any atom is 0.224 e. The number of carbonyl (C=O) groups excluding carboxylic acids is 1. The number of amides is 1. The molecule has 1 saturated carbocycles. The first-order chi connectivity index (χ1) is 14.0. The molecule has 1 aliphatic carbocycles. The largest absolute Gasteiger partial charge is 0.379 e. The summed E-state index contributed by atoms with van der Waals surface area (Å²) in [4.78, 5) is 22.9. The Kier molecular flexibility index (Phi) is 5.87. The Bertz CT molecular complexity index is 882. The van der Waals surface area contributed by atoms with Gasteiger partial charge in [0.1, 0.15) is 5.82 Å². The van der Waals surface area contributed by atoms with Crippen LogP contribution >= 0.6 is 11.6 Å². The number of ether oxygens (including phenoxy) is 1. The monoisotopic (exact) mass is 415 g/mol. The van der Waals surface area contributed by atoms with Crippen molar-refractivity contribution in [2.45, 2.75) is 38.6 Å². The molecule has 29 heavy (non-hydrogen) atoms. The van der Waals surface area contributed by atoms with E-state index in [1.807, 2.05) is 31.2 Å². The molecule has 0 spiro atoms. The molecule has 0 radical (unpaired) electrons. The van der Waals surface area contributed by atoms with E-state index in [0.717, 1.165) is 42.9 Å². The normalized spacial score (nSPS) is 19.7. The first kappa shape index (κ1) is 19.9. The standard InChI is InChI=1S/C21H26ClN5O2/c1-13-9-19(26-21(23)24-13)27-7-2-8-29-12-18(27)16-6-5-15(11-17(16)22)25-20(28)10-14-3-4-14/h5-6,9,11,14,18H,2-4,7-8,10,12H2,1H3,(H,25,28)(H2,23,24,26). The predicted molar refractivity (Wildman–Crippen MR) is 114 cm³/mol. The number of nitrogen functional groups attached to an aromatic ring is 1. The molecule has 2 fully saturated rings. The van der Waals surface area contributed by atoms with Gasteiger partial charge in [0, 0.05) is 42.0 Å². The number of rotatable bonds is 5. The fourth-order valence-corrected chi connectivity index (χ4v) is 4.01. The van der Waals surface area contributed by atoms with E-state index in [1.54, 1.807) is 0 Å². The molecule has 2 aromatic rings. The molecule has 1 unspecified atom stereocenters. The summed E-state index contributed by atoms with van der Waals surface area (Å²) in [5.74, 6) is 1.61. The third-order valence-electron chi connectivity index (χ3n) is 5.31. The summed E-state index contributed by atoms with van der Waals surface area (Å²) < 4.78 is 5.83. The molecule has 7 nitrogen and oxygen atoms in total. The number of nitrogens with one attached hydrogen (secondary N) is 1. The van der Waals surface area contributed by atoms with Crippen LogP contribution in [0.2, 0.25) is 5.02 Å². The molecule has 154 valence electrons. The summed E-state index contributed by atoms with van der Waals surface area (Å²) in [7, 11) is 0. The van der Waals surface area contributed by atoms with E-state index in [9.17, 15) is 4.79 Å². The van der Waals surface area contributed by atoms with Crippen LogP contribution < -0.4 is 16.0 Å². The lowest BCUT2D eigenvalue weighted by molar-refractivity contribution is -0.116. The van der Waals surface area contributed by atoms with Crippen molar-refractivity contribution >= 4 is 35.0 Å². The third-order valence-corrected chi connectivity index (χ3v) is 5.63. The van der Waals surface area contributed by atoms with Gasteiger partial charge in [-0.15, -0.1) is 0 Å². The van der Waals surface area contributed by atoms with Crippen molar-refractivity contribution in [3.63, 3.8) is 0 Å². The van der Waals surface area contributed by atoms with Gasteiger partial charge in [-0.05, 0) is 49.8 Å². The first-order valence-electron chi connectivity index (χ1n) is 10.0. The number of nitrogens with zero attached hydrogens (tertiary/aromatic N) is 3. The van der Waals surface area contributed by atoms with Gasteiger partial charge in [0.25, 0.3) is 0 Å². The zero-order valence-electron chi connectivity index (χ0n) is 16.5. The second kappa shape index (κ2) is 8.55. The number of benzene rings is 1. The predicted octanol–water partition coefficient (Wildman–Crippen LogP) is 3.73. The van der Waals surface area contributed by atoms with Gasteiger partial charge < -0.3 is 20.7 Å². The Morgan fingerprint density at radius 1 is 1.34 bits per heavy atom. The number of aromatic nitrogens is 2. The van der Waals surface area contributed by atoms with Gasteiger partial charge in [-0.2, -0.15) is 4.98 Å². The minimum Gasteiger partial charge on any atom is -0.379 e. The molecule has 2 heterocycles. The van der Waals surface area contributed by atoms with Crippen molar-refractivity contribution in [3.05, 3.63) is 40.5 Å². The van der Waals surface area contributed by atoms with Gasteiger partial charge in [0.15, 0.2) is 0 Å². The molecule has 1 atom stereocenters. The van der Waals surface area contributed by atoms with Crippen molar-refractivity contribution in [1.82, 2.24) is 9.97 Å². The SMILES string of the molecule is Cc1cc(N2CCCOCC2c2ccc(NC(=O)CC3CC3)cc2Cl)nc(N)n1. The zero-order chi connectivity index (χ0) is 20.4. The fraction of sp³-hybridized carbons (Fsp3) is 0.476. The molecule has 2 aliphatic rings. The average Bonchev–Trinajstić information content (AvgIpc) is 3.47. The van der Waals surface area contributed by atoms with Gasteiger partial charge in [-0.3, -0.25) is 4.79 Å². The van der Waals surface area contributed by atoms with E-state index >= 15 is 0 Å². The summed E-state index contributed by atoms with van der Waals surface area (Å²) in [5.41, 5.74) is 8.34. The van der Waals surface area contributed by atoms with Crippen LogP contribution in [0.25, 0.3) is 0 Å². The van der Waals surface area contributed by atoms with Crippen molar-refractivity contribution in [1.29, 1.82) is 0 Å². The number of halogens is 1.